The van der Waals surface area contributed by atoms with E-state index in [0.717, 1.165) is 11.0 Å². The Balaban J connectivity index is 2.46. The topological polar surface area (TPSA) is 90.9 Å². The van der Waals surface area contributed by atoms with Crippen molar-refractivity contribution in [1.29, 1.82) is 0 Å². The van der Waals surface area contributed by atoms with Gasteiger partial charge in [0.25, 0.3) is 5.91 Å². The average molecular weight is 496 g/mol. The lowest BCUT2D eigenvalue weighted by molar-refractivity contribution is -0.189. The molecule has 0 bridgehead atoms. The summed E-state index contributed by atoms with van der Waals surface area (Å²) in [4.78, 5) is 25.7. The van der Waals surface area contributed by atoms with Gasteiger partial charge in [0.1, 0.15) is 17.4 Å². The summed E-state index contributed by atoms with van der Waals surface area (Å²) in [6.45, 7) is 0.166. The minimum atomic E-state index is -4.83. The molecule has 2 aromatic rings. The number of aliphatic hydroxyl groups is 1. The SMILES string of the molecule is C[C@H](Oc1cc(NC(=O)N(C)CCO)c(F)cc1C(=O)Nc1c(F)cccc1Cl)C(F)(F)F. The number of ether oxygens (including phenoxy) is 1. The first-order valence-electron chi connectivity index (χ1n) is 9.30. The maximum atomic E-state index is 14.6. The van der Waals surface area contributed by atoms with Crippen LogP contribution >= 0.6 is 11.6 Å². The van der Waals surface area contributed by atoms with Crippen LogP contribution in [0.2, 0.25) is 5.02 Å². The van der Waals surface area contributed by atoms with Crippen LogP contribution in [0.15, 0.2) is 30.3 Å². The second-order valence-electron chi connectivity index (χ2n) is 6.76. The first-order chi connectivity index (χ1) is 15.3. The number of hydrogen-bond acceptors (Lipinski definition) is 4. The fraction of sp³-hybridized carbons (Fsp3) is 0.300. The van der Waals surface area contributed by atoms with Crippen LogP contribution < -0.4 is 15.4 Å². The van der Waals surface area contributed by atoms with Crippen LogP contribution in [0.5, 0.6) is 5.75 Å². The maximum absolute atomic E-state index is 14.6. The Hall–Kier alpha value is -3.12. The lowest BCUT2D eigenvalue weighted by Gasteiger charge is -2.22. The smallest absolute Gasteiger partial charge is 0.425 e. The number of nitrogens with zero attached hydrogens (tertiary/aromatic N) is 1. The van der Waals surface area contributed by atoms with Crippen molar-refractivity contribution >= 4 is 34.9 Å². The van der Waals surface area contributed by atoms with Gasteiger partial charge >= 0.3 is 12.2 Å². The van der Waals surface area contributed by atoms with Crippen LogP contribution in [-0.4, -0.2) is 54.4 Å². The number of carbonyl (C=O) groups excluding carboxylic acids is 2. The molecule has 0 aromatic heterocycles. The monoisotopic (exact) mass is 495 g/mol. The lowest BCUT2D eigenvalue weighted by Crippen LogP contribution is -2.34. The number of alkyl halides is 3. The number of likely N-dealkylation sites (N-methyl/N-ethyl adjacent to an activating group) is 1. The van der Waals surface area contributed by atoms with Crippen molar-refractivity contribution in [3.05, 3.63) is 52.6 Å². The number of carbonyl (C=O) groups is 2. The van der Waals surface area contributed by atoms with Crippen LogP contribution in [0.3, 0.4) is 0 Å². The summed E-state index contributed by atoms with van der Waals surface area (Å²) < 4.78 is 72.6. The van der Waals surface area contributed by atoms with Crippen molar-refractivity contribution in [2.24, 2.45) is 0 Å². The van der Waals surface area contributed by atoms with E-state index >= 15 is 0 Å². The van der Waals surface area contributed by atoms with E-state index in [4.69, 9.17) is 21.4 Å². The predicted molar refractivity (Wildman–Crippen MR) is 111 cm³/mol. The summed E-state index contributed by atoms with van der Waals surface area (Å²) >= 11 is 5.84. The van der Waals surface area contributed by atoms with Gasteiger partial charge in [-0.2, -0.15) is 13.2 Å². The van der Waals surface area contributed by atoms with Gasteiger partial charge in [-0.1, -0.05) is 17.7 Å². The fourth-order valence-corrected chi connectivity index (χ4v) is 2.65. The predicted octanol–water partition coefficient (Wildman–Crippen LogP) is 4.66. The first kappa shape index (κ1) is 26.1. The van der Waals surface area contributed by atoms with Gasteiger partial charge in [-0.05, 0) is 25.1 Å². The lowest BCUT2D eigenvalue weighted by atomic mass is 10.1. The highest BCUT2D eigenvalue weighted by molar-refractivity contribution is 6.34. The molecular formula is C20H19ClF5N3O4. The molecule has 3 amide bonds. The average Bonchev–Trinajstić information content (AvgIpc) is 2.72. The number of anilines is 2. The highest BCUT2D eigenvalue weighted by Crippen LogP contribution is 2.33. The van der Waals surface area contributed by atoms with E-state index < -0.39 is 58.5 Å². The van der Waals surface area contributed by atoms with Crippen molar-refractivity contribution in [1.82, 2.24) is 4.90 Å². The molecule has 13 heteroatoms. The number of para-hydroxylation sites is 1. The normalized spacial score (nSPS) is 12.2. The Kier molecular flexibility index (Phi) is 8.45. The van der Waals surface area contributed by atoms with Gasteiger partial charge in [0.15, 0.2) is 6.10 Å². The first-order valence-corrected chi connectivity index (χ1v) is 9.68. The molecule has 2 rings (SSSR count). The van der Waals surface area contributed by atoms with E-state index in [1.165, 1.54) is 19.2 Å². The number of benzene rings is 2. The number of hydrogen-bond donors (Lipinski definition) is 3. The minimum absolute atomic E-state index is 0.105. The molecule has 33 heavy (non-hydrogen) atoms. The second-order valence-corrected chi connectivity index (χ2v) is 7.16. The van der Waals surface area contributed by atoms with Gasteiger partial charge in [-0.25, -0.2) is 13.6 Å². The van der Waals surface area contributed by atoms with Gasteiger partial charge < -0.3 is 25.4 Å². The van der Waals surface area contributed by atoms with Crippen LogP contribution in [0.4, 0.5) is 38.1 Å². The van der Waals surface area contributed by atoms with Crippen molar-refractivity contribution in [3.8, 4) is 5.75 Å². The zero-order chi connectivity index (χ0) is 24.9. The third kappa shape index (κ3) is 6.68. The molecule has 0 spiro atoms. The molecule has 0 aliphatic heterocycles. The number of nitrogens with one attached hydrogen (secondary N) is 2. The maximum Gasteiger partial charge on any atom is 0.425 e. The van der Waals surface area contributed by atoms with Gasteiger partial charge in [-0.15, -0.1) is 0 Å². The van der Waals surface area contributed by atoms with Gasteiger partial charge in [0.2, 0.25) is 0 Å². The van der Waals surface area contributed by atoms with Crippen molar-refractivity contribution < 1.29 is 41.4 Å². The molecule has 0 radical (unpaired) electrons. The summed E-state index contributed by atoms with van der Waals surface area (Å²) in [6.07, 6.45) is -7.24. The van der Waals surface area contributed by atoms with E-state index in [0.29, 0.717) is 19.1 Å². The molecule has 7 nitrogen and oxygen atoms in total. The Bertz CT molecular complexity index is 1020. The molecule has 0 unspecified atom stereocenters. The van der Waals surface area contributed by atoms with Crippen molar-refractivity contribution in [3.63, 3.8) is 0 Å². The van der Waals surface area contributed by atoms with Gasteiger partial charge in [0, 0.05) is 19.7 Å². The summed E-state index contributed by atoms with van der Waals surface area (Å²) in [5, 5.41) is 12.9. The third-order valence-electron chi connectivity index (χ3n) is 4.30. The van der Waals surface area contributed by atoms with E-state index in [2.05, 4.69) is 10.6 Å². The standard InChI is InChI=1S/C20H19ClF5N3O4/c1-10(20(24,25)26)33-16-9-15(27-19(32)29(2)6-7-30)14(23)8-11(16)18(31)28-17-12(21)4-3-5-13(17)22/h3-5,8-10,30H,6-7H2,1-2H3,(H,27,32)(H,28,31)/t10-/m0/s1. The van der Waals surface area contributed by atoms with E-state index in [1.54, 1.807) is 0 Å². The molecule has 0 saturated heterocycles. The molecular weight excluding hydrogens is 477 g/mol. The quantitative estimate of drug-likeness (QED) is 0.487. The Labute approximate surface area is 190 Å². The molecule has 2 aromatic carbocycles. The van der Waals surface area contributed by atoms with Crippen molar-refractivity contribution in [2.45, 2.75) is 19.2 Å². The Morgan fingerprint density at radius 3 is 2.42 bits per heavy atom. The molecule has 180 valence electrons. The van der Waals surface area contributed by atoms with Crippen LogP contribution in [-0.2, 0) is 0 Å². The Morgan fingerprint density at radius 1 is 1.18 bits per heavy atom. The molecule has 3 N–H and O–H groups in total. The molecule has 0 fully saturated rings. The van der Waals surface area contributed by atoms with Crippen LogP contribution in [0, 0.1) is 11.6 Å². The van der Waals surface area contributed by atoms with E-state index in [-0.39, 0.29) is 18.2 Å². The summed E-state index contributed by atoms with van der Waals surface area (Å²) in [5.74, 6) is -4.05. The highest BCUT2D eigenvalue weighted by Gasteiger charge is 2.39. The third-order valence-corrected chi connectivity index (χ3v) is 4.62. The molecule has 0 aliphatic carbocycles. The largest absolute Gasteiger partial charge is 0.480 e. The Morgan fingerprint density at radius 2 is 1.85 bits per heavy atom. The van der Waals surface area contributed by atoms with E-state index in [9.17, 15) is 31.5 Å². The second kappa shape index (κ2) is 10.7. The number of aliphatic hydroxyl groups excluding tert-OH is 1. The van der Waals surface area contributed by atoms with Crippen LogP contribution in [0.1, 0.15) is 17.3 Å². The number of halogens is 6. The van der Waals surface area contributed by atoms with Crippen molar-refractivity contribution in [2.75, 3.05) is 30.8 Å². The summed E-state index contributed by atoms with van der Waals surface area (Å²) in [6, 6.07) is 3.84. The molecule has 0 aliphatic rings. The van der Waals surface area contributed by atoms with Gasteiger partial charge in [-0.3, -0.25) is 4.79 Å². The molecule has 0 saturated carbocycles. The van der Waals surface area contributed by atoms with E-state index in [1.807, 2.05) is 0 Å². The zero-order valence-corrected chi connectivity index (χ0v) is 18.0. The summed E-state index contributed by atoms with van der Waals surface area (Å²) in [7, 11) is 1.28. The summed E-state index contributed by atoms with van der Waals surface area (Å²) in [5.41, 5.74) is -1.76. The fourth-order valence-electron chi connectivity index (χ4n) is 2.44. The van der Waals surface area contributed by atoms with Crippen LogP contribution in [0.25, 0.3) is 0 Å². The molecule has 1 atom stereocenters. The number of urea groups is 1. The minimum Gasteiger partial charge on any atom is -0.480 e. The van der Waals surface area contributed by atoms with Gasteiger partial charge in [0.05, 0.1) is 28.6 Å². The number of rotatable bonds is 7. The highest BCUT2D eigenvalue weighted by atomic mass is 35.5. The zero-order valence-electron chi connectivity index (χ0n) is 17.3. The number of amides is 3. The molecule has 0 heterocycles.